The topological polar surface area (TPSA) is 131 Å². The number of nitrogens with zero attached hydrogens (tertiary/aromatic N) is 3. The van der Waals surface area contributed by atoms with Crippen LogP contribution in [0, 0.1) is 36.0 Å². The van der Waals surface area contributed by atoms with Crippen LogP contribution in [-0.2, 0) is 32.8 Å². The molecule has 2 saturated heterocycles. The average molecular weight is 747 g/mol. The first kappa shape index (κ1) is 33.6. The molecule has 12 heteroatoms. The lowest BCUT2D eigenvalue weighted by Gasteiger charge is -2.49. The Hall–Kier alpha value is -5.26. The molecule has 3 aromatic carbocycles. The molecule has 0 bridgehead atoms. The second-order valence-electron chi connectivity index (χ2n) is 14.7. The molecule has 2 aromatic heterocycles. The summed E-state index contributed by atoms with van der Waals surface area (Å²) < 4.78 is 8.61. The zero-order chi connectivity index (χ0) is 36.9. The molecule has 1 saturated carbocycles. The number of thiophene rings is 1. The maximum atomic E-state index is 15.0. The number of carbonyl (C=O) groups is 4. The number of aryl methyl sites for hydroxylation is 2. The predicted molar refractivity (Wildman–Crippen MR) is 200 cm³/mol. The summed E-state index contributed by atoms with van der Waals surface area (Å²) in [6, 6.07) is 22.2. The van der Waals surface area contributed by atoms with Crippen molar-refractivity contribution in [2.45, 2.75) is 39.2 Å². The first-order valence-corrected chi connectivity index (χ1v) is 18.8. The summed E-state index contributed by atoms with van der Waals surface area (Å²) in [5, 5.41) is 20.6. The van der Waals surface area contributed by atoms with Crippen LogP contribution in [0.15, 0.2) is 84.4 Å². The Kier molecular flexibility index (Phi) is 7.69. The van der Waals surface area contributed by atoms with Gasteiger partial charge in [0.05, 0.1) is 28.0 Å². The third kappa shape index (κ3) is 5.00. The maximum absolute atomic E-state index is 15.0. The molecule has 4 heterocycles. The minimum absolute atomic E-state index is 0.0852. The van der Waals surface area contributed by atoms with E-state index in [1.807, 2.05) is 61.5 Å². The van der Waals surface area contributed by atoms with E-state index in [9.17, 15) is 19.5 Å². The van der Waals surface area contributed by atoms with Crippen LogP contribution in [0.3, 0.4) is 0 Å². The van der Waals surface area contributed by atoms with Gasteiger partial charge in [-0.1, -0.05) is 59.6 Å². The quantitative estimate of drug-likeness (QED) is 0.141. The molecule has 2 aliphatic heterocycles. The van der Waals surface area contributed by atoms with Gasteiger partial charge in [0.1, 0.15) is 29.6 Å². The lowest BCUT2D eigenvalue weighted by Crippen LogP contribution is -2.48. The summed E-state index contributed by atoms with van der Waals surface area (Å²) in [6.45, 7) is 4.09. The number of phenolic OH excluding ortho intramolecular Hbond substituents is 1. The van der Waals surface area contributed by atoms with Gasteiger partial charge in [-0.15, -0.1) is 11.3 Å². The highest BCUT2D eigenvalue weighted by Gasteiger charge is 2.67. The molecule has 2 aliphatic carbocycles. The second-order valence-corrected chi connectivity index (χ2v) is 16.2. The Morgan fingerprint density at radius 1 is 1.02 bits per heavy atom. The van der Waals surface area contributed by atoms with E-state index in [1.54, 1.807) is 48.2 Å². The molecule has 53 heavy (non-hydrogen) atoms. The maximum Gasteiger partial charge on any atom is 0.242 e. The van der Waals surface area contributed by atoms with Gasteiger partial charge in [-0.3, -0.25) is 29.2 Å². The van der Waals surface area contributed by atoms with Gasteiger partial charge in [-0.25, -0.2) is 4.90 Å². The van der Waals surface area contributed by atoms with Crippen LogP contribution in [0.2, 0.25) is 5.02 Å². The molecule has 2 N–H and O–H groups in total. The number of imide groups is 2. The van der Waals surface area contributed by atoms with Crippen LogP contribution >= 0.6 is 22.9 Å². The summed E-state index contributed by atoms with van der Waals surface area (Å²) in [4.78, 5) is 58.1. The minimum atomic E-state index is -1.33. The molecule has 4 aliphatic rings. The largest absolute Gasteiger partial charge is 0.508 e. The third-order valence-electron chi connectivity index (χ3n) is 11.9. The first-order chi connectivity index (χ1) is 25.4. The number of benzene rings is 3. The molecule has 9 rings (SSSR count). The standard InChI is InChI=1S/C41H35ClN4O6S/c1-20-27-15-22(42)9-14-32(27)53-36(20)30-18-33(45(3)44-30)46-39(50)29-17-28-24(12-13-26-34(28)38(49)43-37(26)48)35(41(29,2)40(46)51)25-11-10-23(16-31(25)47)52-19-21-7-5-4-6-8-21/h4-12,14-16,18,26,28-29,34-35,47H,13,17,19H2,1-3H3,(H,43,48,49)/t26-,28+,29-,34-,35+,41+/m0/s1. The van der Waals surface area contributed by atoms with E-state index in [1.165, 1.54) is 11.0 Å². The molecular weight excluding hydrogens is 712 g/mol. The Morgan fingerprint density at radius 3 is 2.58 bits per heavy atom. The van der Waals surface area contributed by atoms with Crippen molar-refractivity contribution >= 4 is 62.5 Å². The van der Waals surface area contributed by atoms with Crippen LogP contribution in [-0.4, -0.2) is 38.5 Å². The highest BCUT2D eigenvalue weighted by Crippen LogP contribution is 2.64. The van der Waals surface area contributed by atoms with Gasteiger partial charge in [-0.05, 0) is 73.4 Å². The Balaban J connectivity index is 1.13. The van der Waals surface area contributed by atoms with Crippen molar-refractivity contribution in [3.05, 3.63) is 106 Å². The van der Waals surface area contributed by atoms with Crippen LogP contribution in [0.4, 0.5) is 5.82 Å². The van der Waals surface area contributed by atoms with Crippen molar-refractivity contribution in [3.63, 3.8) is 0 Å². The molecule has 0 spiro atoms. The van der Waals surface area contributed by atoms with Gasteiger partial charge >= 0.3 is 0 Å². The number of halogens is 1. The van der Waals surface area contributed by atoms with E-state index in [2.05, 4.69) is 5.32 Å². The average Bonchev–Trinajstić information content (AvgIpc) is 3.83. The van der Waals surface area contributed by atoms with Gasteiger partial charge < -0.3 is 9.84 Å². The lowest BCUT2D eigenvalue weighted by atomic mass is 9.51. The number of rotatable bonds is 6. The molecule has 10 nitrogen and oxygen atoms in total. The summed E-state index contributed by atoms with van der Waals surface area (Å²) in [5.41, 5.74) is 2.50. The summed E-state index contributed by atoms with van der Waals surface area (Å²) >= 11 is 7.87. The van der Waals surface area contributed by atoms with E-state index >= 15 is 4.79 Å². The fourth-order valence-electron chi connectivity index (χ4n) is 9.30. The number of ether oxygens (including phenoxy) is 1. The smallest absolute Gasteiger partial charge is 0.242 e. The Morgan fingerprint density at radius 2 is 1.81 bits per heavy atom. The SMILES string of the molecule is Cc1c(-c2cc(N3C(=O)[C@@H]4C[C@@H]5C(=CC[C@@H]6C(=O)NC(=O)[C@@H]65)[C@H](c5ccc(OCc6ccccc6)cc5O)[C@]4(C)C3=O)n(C)n2)sc2ccc(Cl)cc12. The van der Waals surface area contributed by atoms with Gasteiger partial charge in [0.25, 0.3) is 0 Å². The van der Waals surface area contributed by atoms with Gasteiger partial charge in [0, 0.05) is 40.4 Å². The number of aromatic nitrogens is 2. The van der Waals surface area contributed by atoms with Crippen LogP contribution < -0.4 is 15.0 Å². The fraction of sp³-hybridized carbons (Fsp3) is 0.293. The van der Waals surface area contributed by atoms with Crippen molar-refractivity contribution in [2.75, 3.05) is 4.90 Å². The second kappa shape index (κ2) is 12.1. The molecule has 0 unspecified atom stereocenters. The highest BCUT2D eigenvalue weighted by molar-refractivity contribution is 7.22. The molecule has 6 atom stereocenters. The zero-order valence-electron chi connectivity index (χ0n) is 29.1. The number of aromatic hydroxyl groups is 1. The van der Waals surface area contributed by atoms with Gasteiger partial charge in [0.2, 0.25) is 23.6 Å². The van der Waals surface area contributed by atoms with E-state index in [-0.39, 0.29) is 24.0 Å². The fourth-order valence-corrected chi connectivity index (χ4v) is 10.6. The summed E-state index contributed by atoms with van der Waals surface area (Å²) in [5.74, 6) is -4.11. The zero-order valence-corrected chi connectivity index (χ0v) is 30.7. The minimum Gasteiger partial charge on any atom is -0.508 e. The van der Waals surface area contributed by atoms with E-state index in [4.69, 9.17) is 21.4 Å². The van der Waals surface area contributed by atoms with Crippen molar-refractivity contribution in [2.24, 2.45) is 36.1 Å². The molecule has 268 valence electrons. The Labute approximate surface area is 314 Å². The van der Waals surface area contributed by atoms with Crippen LogP contribution in [0.25, 0.3) is 20.7 Å². The third-order valence-corrected chi connectivity index (χ3v) is 13.4. The van der Waals surface area contributed by atoms with E-state index in [0.717, 1.165) is 31.7 Å². The van der Waals surface area contributed by atoms with Crippen molar-refractivity contribution < 1.29 is 29.0 Å². The number of anilines is 1. The highest BCUT2D eigenvalue weighted by atomic mass is 35.5. The van der Waals surface area contributed by atoms with Crippen molar-refractivity contribution in [3.8, 4) is 22.1 Å². The van der Waals surface area contributed by atoms with E-state index in [0.29, 0.717) is 40.9 Å². The number of fused-ring (bicyclic) bond motifs is 5. The number of amides is 4. The summed E-state index contributed by atoms with van der Waals surface area (Å²) in [7, 11) is 1.71. The molecule has 5 aromatic rings. The molecule has 0 radical (unpaired) electrons. The van der Waals surface area contributed by atoms with Crippen molar-refractivity contribution in [1.29, 1.82) is 0 Å². The van der Waals surface area contributed by atoms with Crippen molar-refractivity contribution in [1.82, 2.24) is 15.1 Å². The Bertz CT molecular complexity index is 2440. The number of hydrogen-bond acceptors (Lipinski definition) is 8. The summed E-state index contributed by atoms with van der Waals surface area (Å²) in [6.07, 6.45) is 2.48. The number of nitrogens with one attached hydrogen (secondary N) is 1. The van der Waals surface area contributed by atoms with Crippen LogP contribution in [0.1, 0.15) is 42.4 Å². The lowest BCUT2D eigenvalue weighted by molar-refractivity contribution is -0.131. The van der Waals surface area contributed by atoms with Crippen LogP contribution in [0.5, 0.6) is 11.5 Å². The van der Waals surface area contributed by atoms with E-state index < -0.39 is 46.8 Å². The normalized spacial score (nSPS) is 26.4. The first-order valence-electron chi connectivity index (χ1n) is 17.6. The molecule has 4 amide bonds. The van der Waals surface area contributed by atoms with Gasteiger partial charge in [0.15, 0.2) is 0 Å². The number of carbonyl (C=O) groups excluding carboxylic acids is 4. The van der Waals surface area contributed by atoms with Gasteiger partial charge in [-0.2, -0.15) is 5.10 Å². The number of phenols is 1. The molecular formula is C41H35ClN4O6S. The molecule has 3 fully saturated rings. The predicted octanol–water partition coefficient (Wildman–Crippen LogP) is 7.07. The number of hydrogen-bond donors (Lipinski definition) is 2. The number of allylic oxidation sites excluding steroid dienone is 2. The monoisotopic (exact) mass is 746 g/mol.